The molecule has 3 heteroatoms. The summed E-state index contributed by atoms with van der Waals surface area (Å²) in [7, 11) is 1.53. The van der Waals surface area contributed by atoms with E-state index in [0.717, 1.165) is 0 Å². The van der Waals surface area contributed by atoms with E-state index in [1.54, 1.807) is 13.0 Å². The molecule has 0 saturated carbocycles. The summed E-state index contributed by atoms with van der Waals surface area (Å²) < 4.78 is 18.4. The van der Waals surface area contributed by atoms with Gasteiger partial charge >= 0.3 is 0 Å². The third-order valence-electron chi connectivity index (χ3n) is 2.64. The van der Waals surface area contributed by atoms with Gasteiger partial charge in [0, 0.05) is 11.5 Å². The first kappa shape index (κ1) is 9.19. The van der Waals surface area contributed by atoms with Gasteiger partial charge in [-0.2, -0.15) is 0 Å². The number of methoxy groups -OCH3 is 1. The number of hydrogen-bond donors (Lipinski definition) is 0. The number of ether oxygens (including phenoxy) is 1. The minimum absolute atomic E-state index is 0.114. The standard InChI is InChI=1S/C11H11FO2/c1-6-5-7-9(14-2)4-3-8(12)10(7)11(6)13/h3-4,6H,5H2,1-2H3. The first-order valence-electron chi connectivity index (χ1n) is 4.54. The summed E-state index contributed by atoms with van der Waals surface area (Å²) in [6, 6.07) is 2.85. The second-order valence-electron chi connectivity index (χ2n) is 3.57. The Morgan fingerprint density at radius 2 is 2.21 bits per heavy atom. The highest BCUT2D eigenvalue weighted by Gasteiger charge is 2.32. The fourth-order valence-corrected chi connectivity index (χ4v) is 1.91. The van der Waals surface area contributed by atoms with Gasteiger partial charge in [-0.1, -0.05) is 6.92 Å². The van der Waals surface area contributed by atoms with Crippen LogP contribution in [0.5, 0.6) is 5.75 Å². The summed E-state index contributed by atoms with van der Waals surface area (Å²) in [4.78, 5) is 11.6. The molecular formula is C11H11FO2. The van der Waals surface area contributed by atoms with E-state index in [9.17, 15) is 9.18 Å². The van der Waals surface area contributed by atoms with Crippen molar-refractivity contribution in [3.05, 3.63) is 29.1 Å². The van der Waals surface area contributed by atoms with Crippen LogP contribution in [0, 0.1) is 11.7 Å². The van der Waals surface area contributed by atoms with Crippen molar-refractivity contribution in [2.45, 2.75) is 13.3 Å². The van der Waals surface area contributed by atoms with Crippen LogP contribution in [0.3, 0.4) is 0 Å². The van der Waals surface area contributed by atoms with Crippen molar-refractivity contribution in [2.24, 2.45) is 5.92 Å². The number of carbonyl (C=O) groups is 1. The molecule has 0 bridgehead atoms. The van der Waals surface area contributed by atoms with E-state index < -0.39 is 5.82 Å². The summed E-state index contributed by atoms with van der Waals surface area (Å²) in [6.07, 6.45) is 0.578. The van der Waals surface area contributed by atoms with Crippen LogP contribution < -0.4 is 4.74 Å². The number of benzene rings is 1. The topological polar surface area (TPSA) is 26.3 Å². The van der Waals surface area contributed by atoms with Crippen molar-refractivity contribution in [1.29, 1.82) is 0 Å². The fourth-order valence-electron chi connectivity index (χ4n) is 1.91. The van der Waals surface area contributed by atoms with Crippen molar-refractivity contribution in [3.63, 3.8) is 0 Å². The van der Waals surface area contributed by atoms with Crippen molar-refractivity contribution in [3.8, 4) is 5.75 Å². The predicted molar refractivity (Wildman–Crippen MR) is 50.2 cm³/mol. The zero-order chi connectivity index (χ0) is 10.3. The highest BCUT2D eigenvalue weighted by Crippen LogP contribution is 2.34. The molecule has 0 fully saturated rings. The van der Waals surface area contributed by atoms with Gasteiger partial charge in [0.15, 0.2) is 5.78 Å². The molecule has 0 aliphatic heterocycles. The second-order valence-corrected chi connectivity index (χ2v) is 3.57. The molecule has 0 N–H and O–H groups in total. The van der Waals surface area contributed by atoms with Gasteiger partial charge < -0.3 is 4.74 Å². The molecule has 14 heavy (non-hydrogen) atoms. The minimum Gasteiger partial charge on any atom is -0.496 e. The van der Waals surface area contributed by atoms with Gasteiger partial charge in [0.05, 0.1) is 12.7 Å². The molecule has 0 saturated heterocycles. The van der Waals surface area contributed by atoms with E-state index in [1.807, 2.05) is 0 Å². The molecule has 1 aromatic carbocycles. The average molecular weight is 194 g/mol. The first-order valence-corrected chi connectivity index (χ1v) is 4.54. The van der Waals surface area contributed by atoms with Gasteiger partial charge in [0.2, 0.25) is 0 Å². The van der Waals surface area contributed by atoms with Gasteiger partial charge in [0.25, 0.3) is 0 Å². The summed E-state index contributed by atoms with van der Waals surface area (Å²) in [5.41, 5.74) is 0.932. The molecular weight excluding hydrogens is 183 g/mol. The Morgan fingerprint density at radius 1 is 1.50 bits per heavy atom. The SMILES string of the molecule is COc1ccc(F)c2c1CC(C)C2=O. The van der Waals surface area contributed by atoms with E-state index >= 15 is 0 Å². The molecule has 0 amide bonds. The molecule has 0 radical (unpaired) electrons. The Balaban J connectivity index is 2.64. The van der Waals surface area contributed by atoms with Crippen LogP contribution in [0.1, 0.15) is 22.8 Å². The molecule has 0 aromatic heterocycles. The first-order chi connectivity index (χ1) is 6.65. The van der Waals surface area contributed by atoms with E-state index in [0.29, 0.717) is 17.7 Å². The Labute approximate surface area is 81.7 Å². The Bertz CT molecular complexity index is 399. The Hall–Kier alpha value is -1.38. The van der Waals surface area contributed by atoms with Gasteiger partial charge in [-0.05, 0) is 18.6 Å². The molecule has 1 unspecified atom stereocenters. The molecule has 74 valence electrons. The molecule has 1 aromatic rings. The van der Waals surface area contributed by atoms with Crippen molar-refractivity contribution in [2.75, 3.05) is 7.11 Å². The van der Waals surface area contributed by atoms with E-state index in [1.165, 1.54) is 13.2 Å². The average Bonchev–Trinajstić information content (AvgIpc) is 2.45. The molecule has 2 nitrogen and oxygen atoms in total. The Morgan fingerprint density at radius 3 is 2.86 bits per heavy atom. The zero-order valence-electron chi connectivity index (χ0n) is 8.13. The normalized spacial score (nSPS) is 19.6. The molecule has 0 spiro atoms. The Kier molecular flexibility index (Phi) is 2.02. The van der Waals surface area contributed by atoms with Crippen LogP contribution in [-0.2, 0) is 6.42 Å². The molecule has 0 heterocycles. The van der Waals surface area contributed by atoms with Gasteiger partial charge in [-0.25, -0.2) is 4.39 Å². The van der Waals surface area contributed by atoms with E-state index in [-0.39, 0.29) is 17.3 Å². The number of rotatable bonds is 1. The lowest BCUT2D eigenvalue weighted by Gasteiger charge is -2.05. The zero-order valence-corrected chi connectivity index (χ0v) is 8.13. The lowest BCUT2D eigenvalue weighted by atomic mass is 10.1. The number of halogens is 1. The monoisotopic (exact) mass is 194 g/mol. The molecule has 1 aliphatic rings. The third kappa shape index (κ3) is 1.12. The van der Waals surface area contributed by atoms with Crippen molar-refractivity contribution >= 4 is 5.78 Å². The minimum atomic E-state index is -0.435. The molecule has 1 atom stereocenters. The quantitative estimate of drug-likeness (QED) is 0.685. The van der Waals surface area contributed by atoms with Crippen LogP contribution in [0.4, 0.5) is 4.39 Å². The highest BCUT2D eigenvalue weighted by atomic mass is 19.1. The lowest BCUT2D eigenvalue weighted by molar-refractivity contribution is 0.0943. The largest absolute Gasteiger partial charge is 0.496 e. The number of hydrogen-bond acceptors (Lipinski definition) is 2. The maximum absolute atomic E-state index is 13.4. The third-order valence-corrected chi connectivity index (χ3v) is 2.64. The fraction of sp³-hybridized carbons (Fsp3) is 0.364. The van der Waals surface area contributed by atoms with Crippen molar-refractivity contribution in [1.82, 2.24) is 0 Å². The predicted octanol–water partition coefficient (Wildman–Crippen LogP) is 2.21. The number of fused-ring (bicyclic) bond motifs is 1. The van der Waals surface area contributed by atoms with Crippen LogP contribution in [0.25, 0.3) is 0 Å². The number of ketones is 1. The van der Waals surface area contributed by atoms with Gasteiger partial charge in [-0.3, -0.25) is 4.79 Å². The van der Waals surface area contributed by atoms with E-state index in [4.69, 9.17) is 4.74 Å². The highest BCUT2D eigenvalue weighted by molar-refractivity contribution is 6.02. The summed E-state index contributed by atoms with van der Waals surface area (Å²) in [6.45, 7) is 1.81. The van der Waals surface area contributed by atoms with Crippen LogP contribution in [0.2, 0.25) is 0 Å². The maximum atomic E-state index is 13.4. The lowest BCUT2D eigenvalue weighted by Crippen LogP contribution is -2.04. The van der Waals surface area contributed by atoms with Gasteiger partial charge in [0.1, 0.15) is 11.6 Å². The number of Topliss-reactive ketones (excluding diaryl/α,β-unsaturated/α-hetero) is 1. The summed E-state index contributed by atoms with van der Waals surface area (Å²) in [5, 5.41) is 0. The van der Waals surface area contributed by atoms with Crippen LogP contribution >= 0.6 is 0 Å². The van der Waals surface area contributed by atoms with E-state index in [2.05, 4.69) is 0 Å². The van der Waals surface area contributed by atoms with Crippen LogP contribution in [-0.4, -0.2) is 12.9 Å². The van der Waals surface area contributed by atoms with Crippen LogP contribution in [0.15, 0.2) is 12.1 Å². The summed E-state index contributed by atoms with van der Waals surface area (Å²) in [5.74, 6) is -0.0681. The maximum Gasteiger partial charge on any atom is 0.169 e. The van der Waals surface area contributed by atoms with Gasteiger partial charge in [-0.15, -0.1) is 0 Å². The summed E-state index contributed by atoms with van der Waals surface area (Å²) >= 11 is 0. The molecule has 1 aliphatic carbocycles. The van der Waals surface area contributed by atoms with Crippen molar-refractivity contribution < 1.29 is 13.9 Å². The molecule has 2 rings (SSSR count). The number of carbonyl (C=O) groups excluding carboxylic acids is 1. The second kappa shape index (κ2) is 3.08. The smallest absolute Gasteiger partial charge is 0.169 e.